The highest BCUT2D eigenvalue weighted by atomic mass is 19.4. The Balaban J connectivity index is 1.48. The molecule has 4 aromatic rings. The lowest BCUT2D eigenvalue weighted by Crippen LogP contribution is -2.21. The smallest absolute Gasteiger partial charge is 0.406 e. The molecule has 0 spiro atoms. The molecule has 0 fully saturated rings. The number of anilines is 2. The summed E-state index contributed by atoms with van der Waals surface area (Å²) in [6, 6.07) is 18.1. The lowest BCUT2D eigenvalue weighted by atomic mass is 10.1. The molecule has 1 amide bonds. The van der Waals surface area contributed by atoms with Crippen LogP contribution in [0.4, 0.5) is 24.5 Å². The Hall–Kier alpha value is -4.01. The zero-order valence-electron chi connectivity index (χ0n) is 18.6. The Bertz CT molecular complexity index is 1280. The number of alkyl halides is 3. The van der Waals surface area contributed by atoms with Gasteiger partial charge in [0.1, 0.15) is 11.6 Å². The van der Waals surface area contributed by atoms with E-state index in [4.69, 9.17) is 0 Å². The number of aromatic amines is 1. The third kappa shape index (κ3) is 5.31. The number of carbonyl (C=O) groups excluding carboxylic acids is 1. The van der Waals surface area contributed by atoms with Crippen LogP contribution >= 0.6 is 0 Å². The number of hydrogen-bond acceptors (Lipinski definition) is 4. The summed E-state index contributed by atoms with van der Waals surface area (Å²) in [5.74, 6) is -0.0445. The molecule has 2 N–H and O–H groups in total. The minimum absolute atomic E-state index is 0.231. The second-order valence-corrected chi connectivity index (χ2v) is 7.56. The Kier molecular flexibility index (Phi) is 6.45. The van der Waals surface area contributed by atoms with Gasteiger partial charge >= 0.3 is 6.36 Å². The molecular formula is C25H23F3N4O2. The van der Waals surface area contributed by atoms with Crippen molar-refractivity contribution in [1.82, 2.24) is 9.97 Å². The molecule has 0 aliphatic carbocycles. The summed E-state index contributed by atoms with van der Waals surface area (Å²) < 4.78 is 40.9. The molecule has 0 saturated carbocycles. The highest BCUT2D eigenvalue weighted by molar-refractivity contribution is 6.05. The first-order valence-corrected chi connectivity index (χ1v) is 10.8. The van der Waals surface area contributed by atoms with Crippen LogP contribution in [0.1, 0.15) is 24.2 Å². The standard InChI is InChI=1S/C25H23F3N4O2/c1-3-32(4-2)19-10-5-17(6-11-19)24(33)29-18-9-14-21-22(15-18)31-23(30-21)16-7-12-20(13-8-16)34-25(26,27)28/h5-15H,3-4H2,1-2H3,(H,29,33)(H,30,31). The summed E-state index contributed by atoms with van der Waals surface area (Å²) in [5.41, 5.74) is 4.14. The van der Waals surface area contributed by atoms with Crippen LogP contribution in [-0.2, 0) is 0 Å². The fourth-order valence-corrected chi connectivity index (χ4v) is 3.65. The number of nitrogens with zero attached hydrogens (tertiary/aromatic N) is 2. The first kappa shape index (κ1) is 23.2. The third-order valence-electron chi connectivity index (χ3n) is 5.36. The minimum atomic E-state index is -4.74. The third-order valence-corrected chi connectivity index (χ3v) is 5.36. The van der Waals surface area contributed by atoms with E-state index in [-0.39, 0.29) is 11.7 Å². The van der Waals surface area contributed by atoms with Crippen LogP contribution in [0.2, 0.25) is 0 Å². The van der Waals surface area contributed by atoms with Gasteiger partial charge in [0, 0.05) is 35.6 Å². The second-order valence-electron chi connectivity index (χ2n) is 7.56. The van der Waals surface area contributed by atoms with E-state index >= 15 is 0 Å². The number of benzene rings is 3. The van der Waals surface area contributed by atoms with Crippen molar-refractivity contribution in [2.75, 3.05) is 23.3 Å². The molecule has 3 aromatic carbocycles. The van der Waals surface area contributed by atoms with Gasteiger partial charge in [-0.15, -0.1) is 13.2 Å². The molecule has 0 aliphatic rings. The van der Waals surface area contributed by atoms with Crippen LogP contribution in [0.25, 0.3) is 22.4 Å². The highest BCUT2D eigenvalue weighted by Gasteiger charge is 2.31. The van der Waals surface area contributed by atoms with Gasteiger partial charge in [-0.1, -0.05) is 0 Å². The number of amides is 1. The van der Waals surface area contributed by atoms with Crippen molar-refractivity contribution >= 4 is 28.3 Å². The molecule has 0 unspecified atom stereocenters. The molecule has 0 atom stereocenters. The number of H-pyrrole nitrogens is 1. The van der Waals surface area contributed by atoms with Crippen LogP contribution in [0.15, 0.2) is 66.7 Å². The van der Waals surface area contributed by atoms with E-state index in [0.29, 0.717) is 33.7 Å². The zero-order chi connectivity index (χ0) is 24.3. The fraction of sp³-hybridized carbons (Fsp3) is 0.200. The summed E-state index contributed by atoms with van der Waals surface area (Å²) in [7, 11) is 0. The van der Waals surface area contributed by atoms with Gasteiger partial charge in [-0.25, -0.2) is 4.98 Å². The maximum absolute atomic E-state index is 12.7. The SMILES string of the molecule is CCN(CC)c1ccc(C(=O)Nc2ccc3nc(-c4ccc(OC(F)(F)F)cc4)[nH]c3c2)cc1. The van der Waals surface area contributed by atoms with Gasteiger partial charge in [0.2, 0.25) is 0 Å². The van der Waals surface area contributed by atoms with Crippen molar-refractivity contribution < 1.29 is 22.7 Å². The lowest BCUT2D eigenvalue weighted by molar-refractivity contribution is -0.274. The molecule has 0 aliphatic heterocycles. The van der Waals surface area contributed by atoms with Crippen molar-refractivity contribution in [3.63, 3.8) is 0 Å². The Morgan fingerprint density at radius 1 is 1.00 bits per heavy atom. The number of halogens is 3. The zero-order valence-corrected chi connectivity index (χ0v) is 18.6. The van der Waals surface area contributed by atoms with Gasteiger partial charge in [0.15, 0.2) is 0 Å². The van der Waals surface area contributed by atoms with E-state index in [1.165, 1.54) is 24.3 Å². The van der Waals surface area contributed by atoms with Crippen molar-refractivity contribution in [3.8, 4) is 17.1 Å². The highest BCUT2D eigenvalue weighted by Crippen LogP contribution is 2.27. The van der Waals surface area contributed by atoms with Crippen molar-refractivity contribution in [1.29, 1.82) is 0 Å². The number of ether oxygens (including phenoxy) is 1. The average Bonchev–Trinajstić information content (AvgIpc) is 3.23. The van der Waals surface area contributed by atoms with Crippen molar-refractivity contribution in [3.05, 3.63) is 72.3 Å². The minimum Gasteiger partial charge on any atom is -0.406 e. The number of imidazole rings is 1. The van der Waals surface area contributed by atoms with Crippen LogP contribution < -0.4 is 15.0 Å². The van der Waals surface area contributed by atoms with Crippen molar-refractivity contribution in [2.45, 2.75) is 20.2 Å². The molecule has 1 heterocycles. The average molecular weight is 468 g/mol. The number of carbonyl (C=O) groups is 1. The molecular weight excluding hydrogens is 445 g/mol. The molecule has 9 heteroatoms. The molecule has 0 saturated heterocycles. The number of nitrogens with one attached hydrogen (secondary N) is 2. The normalized spacial score (nSPS) is 11.4. The molecule has 0 bridgehead atoms. The van der Waals surface area contributed by atoms with E-state index < -0.39 is 6.36 Å². The summed E-state index contributed by atoms with van der Waals surface area (Å²) >= 11 is 0. The van der Waals surface area contributed by atoms with Crippen LogP contribution in [0.3, 0.4) is 0 Å². The molecule has 34 heavy (non-hydrogen) atoms. The van der Waals surface area contributed by atoms with Crippen molar-refractivity contribution in [2.24, 2.45) is 0 Å². The summed E-state index contributed by atoms with van der Waals surface area (Å²) in [6.07, 6.45) is -4.74. The molecule has 6 nitrogen and oxygen atoms in total. The van der Waals surface area contributed by atoms with Gasteiger partial charge in [-0.3, -0.25) is 4.79 Å². The van der Waals surface area contributed by atoms with Gasteiger partial charge in [-0.05, 0) is 80.6 Å². The van der Waals surface area contributed by atoms with Gasteiger partial charge in [0.25, 0.3) is 5.91 Å². The number of fused-ring (bicyclic) bond motifs is 1. The predicted molar refractivity (Wildman–Crippen MR) is 126 cm³/mol. The van der Waals surface area contributed by atoms with E-state index in [1.54, 1.807) is 30.3 Å². The maximum Gasteiger partial charge on any atom is 0.573 e. The van der Waals surface area contributed by atoms with E-state index in [1.807, 2.05) is 12.1 Å². The Morgan fingerprint density at radius 2 is 1.68 bits per heavy atom. The van der Waals surface area contributed by atoms with E-state index in [0.717, 1.165) is 18.8 Å². The van der Waals surface area contributed by atoms with Crippen LogP contribution in [-0.4, -0.2) is 35.3 Å². The van der Waals surface area contributed by atoms with Gasteiger partial charge in [-0.2, -0.15) is 0 Å². The lowest BCUT2D eigenvalue weighted by Gasteiger charge is -2.21. The van der Waals surface area contributed by atoms with E-state index in [2.05, 4.69) is 38.8 Å². The number of hydrogen-bond donors (Lipinski definition) is 2. The number of rotatable bonds is 7. The summed E-state index contributed by atoms with van der Waals surface area (Å²) in [4.78, 5) is 22.5. The molecule has 4 rings (SSSR count). The Labute approximate surface area is 194 Å². The quantitative estimate of drug-likeness (QED) is 0.338. The second kappa shape index (κ2) is 9.46. The molecule has 0 radical (unpaired) electrons. The van der Waals surface area contributed by atoms with Crippen LogP contribution in [0.5, 0.6) is 5.75 Å². The van der Waals surface area contributed by atoms with Gasteiger partial charge < -0.3 is 19.9 Å². The van der Waals surface area contributed by atoms with E-state index in [9.17, 15) is 18.0 Å². The predicted octanol–water partition coefficient (Wildman–Crippen LogP) is 6.23. The topological polar surface area (TPSA) is 70.2 Å². The van der Waals surface area contributed by atoms with Crippen LogP contribution in [0, 0.1) is 0 Å². The first-order valence-electron chi connectivity index (χ1n) is 10.8. The molecule has 1 aromatic heterocycles. The molecule has 176 valence electrons. The number of aromatic nitrogens is 2. The fourth-order valence-electron chi connectivity index (χ4n) is 3.65. The van der Waals surface area contributed by atoms with Gasteiger partial charge in [0.05, 0.1) is 11.0 Å². The summed E-state index contributed by atoms with van der Waals surface area (Å²) in [5, 5.41) is 2.88. The Morgan fingerprint density at radius 3 is 2.29 bits per heavy atom. The summed E-state index contributed by atoms with van der Waals surface area (Å²) in [6.45, 7) is 5.94. The maximum atomic E-state index is 12.7. The first-order chi connectivity index (χ1) is 16.3. The largest absolute Gasteiger partial charge is 0.573 e. The monoisotopic (exact) mass is 468 g/mol.